The Morgan fingerprint density at radius 1 is 1.33 bits per heavy atom. The van der Waals surface area contributed by atoms with Crippen LogP contribution in [0.2, 0.25) is 0 Å². The number of carbonyl (C=O) groups excluding carboxylic acids is 2. The van der Waals surface area contributed by atoms with Gasteiger partial charge in [0.15, 0.2) is 6.29 Å². The van der Waals surface area contributed by atoms with Crippen molar-refractivity contribution < 1.29 is 28.9 Å². The van der Waals surface area contributed by atoms with Crippen molar-refractivity contribution in [3.8, 4) is 0 Å². The van der Waals surface area contributed by atoms with Crippen LogP contribution in [-0.4, -0.2) is 61.3 Å². The molecule has 1 fully saturated rings. The highest BCUT2D eigenvalue weighted by atomic mass is 16.7. The number of hydrogen-bond donors (Lipinski definition) is 1. The Hall–Kier alpha value is -1.96. The summed E-state index contributed by atoms with van der Waals surface area (Å²) in [6.45, 7) is 1.67. The molecular formula is C17H23NO6. The first-order valence-electron chi connectivity index (χ1n) is 7.77. The Morgan fingerprint density at radius 3 is 2.54 bits per heavy atom. The maximum absolute atomic E-state index is 12.7. The van der Waals surface area contributed by atoms with Gasteiger partial charge in [0.05, 0.1) is 12.0 Å². The zero-order valence-corrected chi connectivity index (χ0v) is 14.0. The van der Waals surface area contributed by atoms with Crippen molar-refractivity contribution in [1.29, 1.82) is 0 Å². The SMILES string of the molecule is COC(OC)[C@H](O)[C@@H](C)C(=O)N1C(=O)OC[C@H]1Cc1ccccc1. The molecule has 1 heterocycles. The van der Waals surface area contributed by atoms with Crippen LogP contribution in [0.25, 0.3) is 0 Å². The zero-order valence-electron chi connectivity index (χ0n) is 14.0. The number of cyclic esters (lactones) is 1. The van der Waals surface area contributed by atoms with E-state index in [4.69, 9.17) is 14.2 Å². The number of imide groups is 1. The first-order valence-corrected chi connectivity index (χ1v) is 7.77. The predicted octanol–water partition coefficient (Wildman–Crippen LogP) is 1.19. The average molecular weight is 337 g/mol. The monoisotopic (exact) mass is 337 g/mol. The zero-order chi connectivity index (χ0) is 17.7. The minimum atomic E-state index is -1.20. The molecule has 0 aliphatic carbocycles. The van der Waals surface area contributed by atoms with E-state index in [1.807, 2.05) is 30.3 Å². The molecule has 0 spiro atoms. The number of aliphatic hydroxyl groups is 1. The van der Waals surface area contributed by atoms with Crippen LogP contribution >= 0.6 is 0 Å². The molecule has 0 bridgehead atoms. The molecule has 0 radical (unpaired) electrons. The number of ether oxygens (including phenoxy) is 3. The average Bonchev–Trinajstić information content (AvgIpc) is 2.95. The maximum atomic E-state index is 12.7. The van der Waals surface area contributed by atoms with Crippen molar-refractivity contribution in [2.75, 3.05) is 20.8 Å². The standard InChI is InChI=1S/C17H23NO6/c1-11(14(19)16(22-2)23-3)15(20)18-13(10-24-17(18)21)9-12-7-5-4-6-8-12/h4-8,11,13-14,16,19H,9-10H2,1-3H3/t11-,13-,14-/m1/s1. The lowest BCUT2D eigenvalue weighted by Crippen LogP contribution is -2.48. The predicted molar refractivity (Wildman–Crippen MR) is 85.1 cm³/mol. The van der Waals surface area contributed by atoms with Gasteiger partial charge in [0, 0.05) is 14.2 Å². The first kappa shape index (κ1) is 18.4. The number of aliphatic hydroxyl groups excluding tert-OH is 1. The van der Waals surface area contributed by atoms with E-state index in [1.54, 1.807) is 0 Å². The summed E-state index contributed by atoms with van der Waals surface area (Å²) in [5.74, 6) is -1.39. The molecule has 0 unspecified atom stereocenters. The summed E-state index contributed by atoms with van der Waals surface area (Å²) in [5, 5.41) is 10.2. The van der Waals surface area contributed by atoms with Crippen molar-refractivity contribution >= 4 is 12.0 Å². The van der Waals surface area contributed by atoms with E-state index in [9.17, 15) is 14.7 Å². The summed E-state index contributed by atoms with van der Waals surface area (Å²) in [6, 6.07) is 9.15. The molecule has 3 atom stereocenters. The molecule has 2 rings (SSSR count). The van der Waals surface area contributed by atoms with Crippen LogP contribution in [0.4, 0.5) is 4.79 Å². The lowest BCUT2D eigenvalue weighted by Gasteiger charge is -2.28. The summed E-state index contributed by atoms with van der Waals surface area (Å²) in [4.78, 5) is 25.8. The minimum absolute atomic E-state index is 0.139. The van der Waals surface area contributed by atoms with E-state index < -0.39 is 36.4 Å². The van der Waals surface area contributed by atoms with E-state index in [0.29, 0.717) is 6.42 Å². The third-order valence-electron chi connectivity index (χ3n) is 4.16. The van der Waals surface area contributed by atoms with Gasteiger partial charge in [0.1, 0.15) is 12.7 Å². The molecule has 132 valence electrons. The summed E-state index contributed by atoms with van der Waals surface area (Å²) in [5.41, 5.74) is 0.999. The molecule has 1 aliphatic heterocycles. The Balaban J connectivity index is 2.11. The molecule has 7 nitrogen and oxygen atoms in total. The van der Waals surface area contributed by atoms with E-state index >= 15 is 0 Å². The van der Waals surface area contributed by atoms with Gasteiger partial charge in [-0.15, -0.1) is 0 Å². The van der Waals surface area contributed by atoms with Gasteiger partial charge in [-0.1, -0.05) is 37.3 Å². The van der Waals surface area contributed by atoms with Crippen LogP contribution in [0.1, 0.15) is 12.5 Å². The van der Waals surface area contributed by atoms with E-state index in [0.717, 1.165) is 10.5 Å². The normalized spacial score (nSPS) is 20.1. The molecule has 0 aromatic heterocycles. The molecule has 1 aliphatic rings. The molecule has 0 saturated carbocycles. The highest BCUT2D eigenvalue weighted by molar-refractivity contribution is 5.95. The number of hydrogen-bond acceptors (Lipinski definition) is 6. The van der Waals surface area contributed by atoms with Crippen molar-refractivity contribution in [3.05, 3.63) is 35.9 Å². The number of amides is 2. The molecule has 1 aromatic rings. The molecule has 1 N–H and O–H groups in total. The Bertz CT molecular complexity index is 559. The highest BCUT2D eigenvalue weighted by Crippen LogP contribution is 2.22. The third-order valence-corrected chi connectivity index (χ3v) is 4.16. The summed E-state index contributed by atoms with van der Waals surface area (Å²) in [7, 11) is 2.74. The van der Waals surface area contributed by atoms with Gasteiger partial charge in [-0.25, -0.2) is 9.69 Å². The lowest BCUT2D eigenvalue weighted by atomic mass is 10.00. The van der Waals surface area contributed by atoms with Gasteiger partial charge in [-0.05, 0) is 12.0 Å². The van der Waals surface area contributed by atoms with Crippen LogP contribution in [0, 0.1) is 5.92 Å². The molecule has 2 amide bonds. The smallest absolute Gasteiger partial charge is 0.416 e. The Kier molecular flexibility index (Phi) is 6.30. The van der Waals surface area contributed by atoms with Gasteiger partial charge in [-0.2, -0.15) is 0 Å². The first-order chi connectivity index (χ1) is 11.5. The van der Waals surface area contributed by atoms with E-state index in [2.05, 4.69) is 0 Å². The van der Waals surface area contributed by atoms with Crippen molar-refractivity contribution in [2.24, 2.45) is 5.92 Å². The number of nitrogens with zero attached hydrogens (tertiary/aromatic N) is 1. The second-order valence-corrected chi connectivity index (χ2v) is 5.75. The minimum Gasteiger partial charge on any atom is -0.447 e. The number of rotatable bonds is 7. The molecular weight excluding hydrogens is 314 g/mol. The Labute approximate surface area is 141 Å². The number of benzene rings is 1. The van der Waals surface area contributed by atoms with Crippen LogP contribution in [0.5, 0.6) is 0 Å². The summed E-state index contributed by atoms with van der Waals surface area (Å²) >= 11 is 0. The van der Waals surface area contributed by atoms with Crippen LogP contribution < -0.4 is 0 Å². The topological polar surface area (TPSA) is 85.3 Å². The largest absolute Gasteiger partial charge is 0.447 e. The Morgan fingerprint density at radius 2 is 1.96 bits per heavy atom. The van der Waals surface area contributed by atoms with Gasteiger partial charge in [-0.3, -0.25) is 4.79 Å². The van der Waals surface area contributed by atoms with Crippen molar-refractivity contribution in [1.82, 2.24) is 4.90 Å². The second-order valence-electron chi connectivity index (χ2n) is 5.75. The van der Waals surface area contributed by atoms with Gasteiger partial charge >= 0.3 is 6.09 Å². The van der Waals surface area contributed by atoms with Gasteiger partial charge < -0.3 is 19.3 Å². The van der Waals surface area contributed by atoms with Crippen molar-refractivity contribution in [2.45, 2.75) is 31.8 Å². The molecule has 1 saturated heterocycles. The molecule has 1 aromatic carbocycles. The molecule has 24 heavy (non-hydrogen) atoms. The van der Waals surface area contributed by atoms with Crippen LogP contribution in [0.15, 0.2) is 30.3 Å². The maximum Gasteiger partial charge on any atom is 0.416 e. The quantitative estimate of drug-likeness (QED) is 0.753. The van der Waals surface area contributed by atoms with E-state index in [1.165, 1.54) is 21.1 Å². The van der Waals surface area contributed by atoms with Gasteiger partial charge in [0.25, 0.3) is 0 Å². The van der Waals surface area contributed by atoms with Gasteiger partial charge in [0.2, 0.25) is 5.91 Å². The fourth-order valence-corrected chi connectivity index (χ4v) is 2.74. The fraction of sp³-hybridized carbons (Fsp3) is 0.529. The van der Waals surface area contributed by atoms with Crippen LogP contribution in [-0.2, 0) is 25.4 Å². The number of methoxy groups -OCH3 is 2. The third kappa shape index (κ3) is 3.92. The lowest BCUT2D eigenvalue weighted by molar-refractivity contribution is -0.183. The van der Waals surface area contributed by atoms with E-state index in [-0.39, 0.29) is 6.61 Å². The number of carbonyl (C=O) groups is 2. The summed E-state index contributed by atoms with van der Waals surface area (Å²) < 4.78 is 15.0. The van der Waals surface area contributed by atoms with Crippen LogP contribution in [0.3, 0.4) is 0 Å². The summed E-state index contributed by atoms with van der Waals surface area (Å²) in [6.07, 6.45) is -2.33. The molecule has 7 heteroatoms. The van der Waals surface area contributed by atoms with Crippen molar-refractivity contribution in [3.63, 3.8) is 0 Å². The fourth-order valence-electron chi connectivity index (χ4n) is 2.74. The highest BCUT2D eigenvalue weighted by Gasteiger charge is 2.42. The second kappa shape index (κ2) is 8.23.